The molecule has 5 nitrogen and oxygen atoms in total. The summed E-state index contributed by atoms with van der Waals surface area (Å²) in [6.45, 7) is 1.11. The minimum atomic E-state index is -0.404. The van der Waals surface area contributed by atoms with Gasteiger partial charge >= 0.3 is 0 Å². The molecule has 2 aliphatic heterocycles. The highest BCUT2D eigenvalue weighted by molar-refractivity contribution is 8.31. The van der Waals surface area contributed by atoms with Crippen molar-refractivity contribution in [1.82, 2.24) is 10.6 Å². The summed E-state index contributed by atoms with van der Waals surface area (Å²) in [7, 11) is -0.360. The van der Waals surface area contributed by atoms with Gasteiger partial charge in [-0.3, -0.25) is 9.79 Å². The number of benzene rings is 1. The molecule has 2 aliphatic rings. The van der Waals surface area contributed by atoms with Crippen LogP contribution in [0.15, 0.2) is 45.8 Å². The first-order chi connectivity index (χ1) is 10.7. The Labute approximate surface area is 132 Å². The number of aliphatic hydroxyl groups excluding tert-OH is 1. The number of thiol groups is 1. The van der Waals surface area contributed by atoms with E-state index >= 15 is 0 Å². The molecule has 118 valence electrons. The largest absolute Gasteiger partial charge is 0.392 e. The third-order valence-corrected chi connectivity index (χ3v) is 5.61. The molecule has 2 unspecified atom stereocenters. The lowest BCUT2D eigenvalue weighted by Crippen LogP contribution is -2.41. The summed E-state index contributed by atoms with van der Waals surface area (Å²) in [5, 5.41) is 17.5. The number of nitrogens with zero attached hydrogens (tertiary/aromatic N) is 1. The predicted molar refractivity (Wildman–Crippen MR) is 90.5 cm³/mol. The Hall–Kier alpha value is -1.63. The fourth-order valence-corrected chi connectivity index (χ4v) is 3.93. The Morgan fingerprint density at radius 2 is 2.23 bits per heavy atom. The van der Waals surface area contributed by atoms with Gasteiger partial charge in [0.2, 0.25) is 5.91 Å². The lowest BCUT2D eigenvalue weighted by molar-refractivity contribution is -0.122. The van der Waals surface area contributed by atoms with E-state index < -0.39 is 6.10 Å². The minimum Gasteiger partial charge on any atom is -0.392 e. The van der Waals surface area contributed by atoms with E-state index in [0.717, 1.165) is 6.42 Å². The molecule has 0 saturated carbocycles. The number of nitrogens with one attached hydrogen (secondary N) is 2. The minimum absolute atomic E-state index is 0.0241. The Bertz CT molecular complexity index is 574. The molecule has 3 N–H and O–H groups in total. The van der Waals surface area contributed by atoms with Gasteiger partial charge in [0, 0.05) is 24.8 Å². The molecule has 0 aliphatic carbocycles. The third kappa shape index (κ3) is 3.76. The molecule has 1 amide bonds. The van der Waals surface area contributed by atoms with E-state index in [1.165, 1.54) is 10.5 Å². The number of hydrogen-bond acceptors (Lipinski definition) is 4. The SMILES string of the molecule is O=C(NCCc1ccc([SH]2C=CN=C2)cc1)[C@@H]1CC(O)CN1. The average molecular weight is 319 g/mol. The topological polar surface area (TPSA) is 73.7 Å². The Balaban J connectivity index is 1.44. The van der Waals surface area contributed by atoms with Crippen molar-refractivity contribution in [3.8, 4) is 0 Å². The van der Waals surface area contributed by atoms with Gasteiger partial charge in [0.15, 0.2) is 0 Å². The summed E-state index contributed by atoms with van der Waals surface area (Å²) < 4.78 is 0. The number of carbonyl (C=O) groups is 1. The number of β-amino-alcohol motifs (C(OH)–C–C–N with tert-alkyl or cyclic N) is 1. The van der Waals surface area contributed by atoms with Crippen LogP contribution < -0.4 is 10.6 Å². The molecule has 2 heterocycles. The highest BCUT2D eigenvalue weighted by atomic mass is 32.2. The zero-order valence-electron chi connectivity index (χ0n) is 12.3. The quantitative estimate of drug-likeness (QED) is 0.610. The van der Waals surface area contributed by atoms with E-state index in [1.807, 2.05) is 11.7 Å². The van der Waals surface area contributed by atoms with Gasteiger partial charge < -0.3 is 15.7 Å². The number of carbonyl (C=O) groups excluding carboxylic acids is 1. The standard InChI is InChI=1S/C16H21N3O2S/c20-13-9-15(19-10-13)16(21)18-6-5-12-1-3-14(4-2-12)22-8-7-17-11-22/h1-4,7-8,11,13,15,19-20,22H,5-6,9-10H2,(H,18,21)/t13?,15-/m0/s1. The van der Waals surface area contributed by atoms with Crippen LogP contribution in [-0.4, -0.2) is 41.8 Å². The Kier molecular flexibility index (Phi) is 4.92. The van der Waals surface area contributed by atoms with Gasteiger partial charge in [-0.15, -0.1) is 0 Å². The second kappa shape index (κ2) is 7.09. The van der Waals surface area contributed by atoms with Crippen molar-refractivity contribution in [2.75, 3.05) is 13.1 Å². The highest BCUT2D eigenvalue weighted by Gasteiger charge is 2.27. The fraction of sp³-hybridized carbons (Fsp3) is 0.375. The summed E-state index contributed by atoms with van der Waals surface area (Å²) in [6.07, 6.45) is 2.75. The normalized spacial score (nSPS) is 28.1. The summed E-state index contributed by atoms with van der Waals surface area (Å²) in [4.78, 5) is 17.3. The van der Waals surface area contributed by atoms with Crippen molar-refractivity contribution in [2.45, 2.75) is 29.9 Å². The maximum Gasteiger partial charge on any atom is 0.237 e. The van der Waals surface area contributed by atoms with Crippen LogP contribution in [0.4, 0.5) is 0 Å². The number of aliphatic imine (C=N–C) groups is 1. The Morgan fingerprint density at radius 3 is 2.86 bits per heavy atom. The zero-order chi connectivity index (χ0) is 15.4. The molecule has 0 spiro atoms. The third-order valence-electron chi connectivity index (χ3n) is 3.88. The lowest BCUT2D eigenvalue weighted by atomic mass is 10.1. The number of hydrogen-bond donors (Lipinski definition) is 4. The summed E-state index contributed by atoms with van der Waals surface area (Å²) >= 11 is 0. The van der Waals surface area contributed by atoms with Gasteiger partial charge in [-0.25, -0.2) is 0 Å². The van der Waals surface area contributed by atoms with E-state index in [2.05, 4.69) is 45.3 Å². The van der Waals surface area contributed by atoms with E-state index in [9.17, 15) is 9.90 Å². The molecule has 0 aromatic heterocycles. The molecule has 1 aromatic carbocycles. The van der Waals surface area contributed by atoms with E-state index in [-0.39, 0.29) is 22.8 Å². The summed E-state index contributed by atoms with van der Waals surface area (Å²) in [5.41, 5.74) is 3.20. The van der Waals surface area contributed by atoms with Crippen molar-refractivity contribution < 1.29 is 9.90 Å². The molecule has 0 bridgehead atoms. The first-order valence-corrected chi connectivity index (χ1v) is 8.97. The smallest absolute Gasteiger partial charge is 0.237 e. The first-order valence-electron chi connectivity index (χ1n) is 7.49. The van der Waals surface area contributed by atoms with Gasteiger partial charge in [0.1, 0.15) is 0 Å². The van der Waals surface area contributed by atoms with Crippen LogP contribution in [0.5, 0.6) is 0 Å². The molecular formula is C16H21N3O2S. The van der Waals surface area contributed by atoms with Crippen LogP contribution in [0.1, 0.15) is 12.0 Å². The van der Waals surface area contributed by atoms with Crippen molar-refractivity contribution in [2.24, 2.45) is 4.99 Å². The van der Waals surface area contributed by atoms with Crippen LogP contribution in [0.2, 0.25) is 0 Å². The van der Waals surface area contributed by atoms with Crippen LogP contribution >= 0.6 is 10.9 Å². The second-order valence-electron chi connectivity index (χ2n) is 5.53. The van der Waals surface area contributed by atoms with Crippen molar-refractivity contribution in [3.63, 3.8) is 0 Å². The van der Waals surface area contributed by atoms with Crippen molar-refractivity contribution in [3.05, 3.63) is 41.4 Å². The molecule has 22 heavy (non-hydrogen) atoms. The molecule has 1 fully saturated rings. The van der Waals surface area contributed by atoms with Crippen molar-refractivity contribution >= 4 is 22.3 Å². The van der Waals surface area contributed by atoms with Crippen LogP contribution in [-0.2, 0) is 11.2 Å². The monoisotopic (exact) mass is 319 g/mol. The van der Waals surface area contributed by atoms with Crippen molar-refractivity contribution in [1.29, 1.82) is 0 Å². The zero-order valence-corrected chi connectivity index (χ0v) is 13.2. The van der Waals surface area contributed by atoms with Gasteiger partial charge in [0.05, 0.1) is 12.1 Å². The Morgan fingerprint density at radius 1 is 1.41 bits per heavy atom. The van der Waals surface area contributed by atoms with E-state index in [4.69, 9.17) is 0 Å². The molecule has 3 rings (SSSR count). The molecule has 1 saturated heterocycles. The molecular weight excluding hydrogens is 298 g/mol. The highest BCUT2D eigenvalue weighted by Crippen LogP contribution is 2.37. The second-order valence-corrected chi connectivity index (χ2v) is 7.39. The van der Waals surface area contributed by atoms with Gasteiger partial charge in [-0.2, -0.15) is 10.9 Å². The van der Waals surface area contributed by atoms with Crippen LogP contribution in [0.3, 0.4) is 0 Å². The average Bonchev–Trinajstić information content (AvgIpc) is 3.19. The van der Waals surface area contributed by atoms with E-state index in [1.54, 1.807) is 0 Å². The lowest BCUT2D eigenvalue weighted by Gasteiger charge is -2.12. The molecule has 1 aromatic rings. The summed E-state index contributed by atoms with van der Waals surface area (Å²) in [5.74, 6) is -0.0241. The predicted octanol–water partition coefficient (Wildman–Crippen LogP) is 0.941. The first kappa shape index (κ1) is 15.3. The number of amides is 1. The number of rotatable bonds is 5. The van der Waals surface area contributed by atoms with Gasteiger partial charge in [0.25, 0.3) is 0 Å². The molecule has 6 heteroatoms. The maximum absolute atomic E-state index is 11.9. The van der Waals surface area contributed by atoms with E-state index in [0.29, 0.717) is 19.5 Å². The molecule has 0 radical (unpaired) electrons. The summed E-state index contributed by atoms with van der Waals surface area (Å²) in [6, 6.07) is 8.25. The van der Waals surface area contributed by atoms with Gasteiger partial charge in [-0.1, -0.05) is 12.1 Å². The maximum atomic E-state index is 11.9. The van der Waals surface area contributed by atoms with Crippen LogP contribution in [0, 0.1) is 0 Å². The fourth-order valence-electron chi connectivity index (χ4n) is 2.62. The van der Waals surface area contributed by atoms with Gasteiger partial charge in [-0.05, 0) is 40.8 Å². The number of aliphatic hydroxyl groups is 1. The molecule has 3 atom stereocenters. The van der Waals surface area contributed by atoms with Crippen LogP contribution in [0.25, 0.3) is 0 Å².